The Kier molecular flexibility index (Phi) is 5.71. The van der Waals surface area contributed by atoms with Crippen molar-refractivity contribution >= 4 is 21.6 Å². The highest BCUT2D eigenvalue weighted by molar-refractivity contribution is 7.91. The van der Waals surface area contributed by atoms with E-state index in [0.29, 0.717) is 16.9 Å². The molecule has 7 heteroatoms. The van der Waals surface area contributed by atoms with Crippen LogP contribution in [0.25, 0.3) is 0 Å². The van der Waals surface area contributed by atoms with E-state index in [1.165, 1.54) is 0 Å². The molecule has 2 aromatic heterocycles. The normalized spacial score (nSPS) is 14.7. The molecule has 1 aromatic carbocycles. The average Bonchev–Trinajstić information content (AvgIpc) is 3.36. The number of pyridine rings is 1. The monoisotopic (exact) mass is 437 g/mol. The summed E-state index contributed by atoms with van der Waals surface area (Å²) in [5, 5.41) is 2.94. The molecule has 0 unspecified atom stereocenters. The summed E-state index contributed by atoms with van der Waals surface area (Å²) in [5.74, 6) is 0.0174. The number of nitrogens with zero attached hydrogens (tertiary/aromatic N) is 2. The summed E-state index contributed by atoms with van der Waals surface area (Å²) in [5.41, 5.74) is 2.98. The Bertz CT molecular complexity index is 1210. The fourth-order valence-corrected chi connectivity index (χ4v) is 6.07. The number of amides is 1. The van der Waals surface area contributed by atoms with Crippen molar-refractivity contribution < 1.29 is 13.2 Å². The van der Waals surface area contributed by atoms with E-state index in [9.17, 15) is 13.2 Å². The largest absolute Gasteiger partial charge is 0.327 e. The fraction of sp³-hybridized carbons (Fsp3) is 0.333. The van der Waals surface area contributed by atoms with Gasteiger partial charge in [-0.05, 0) is 63.4 Å². The predicted molar refractivity (Wildman–Crippen MR) is 120 cm³/mol. The minimum atomic E-state index is -3.82. The van der Waals surface area contributed by atoms with E-state index >= 15 is 0 Å². The van der Waals surface area contributed by atoms with Crippen molar-refractivity contribution in [3.63, 3.8) is 0 Å². The third kappa shape index (κ3) is 3.90. The molecule has 1 fully saturated rings. The number of nitrogens with one attached hydrogen (secondary N) is 1. The van der Waals surface area contributed by atoms with Gasteiger partial charge < -0.3 is 9.88 Å². The molecular formula is C24H27N3O3S. The van der Waals surface area contributed by atoms with Crippen molar-refractivity contribution in [1.82, 2.24) is 9.55 Å². The smallest absolute Gasteiger partial charge is 0.256 e. The van der Waals surface area contributed by atoms with Crippen LogP contribution in [0.1, 0.15) is 58.9 Å². The molecule has 162 valence electrons. The summed E-state index contributed by atoms with van der Waals surface area (Å²) in [6.07, 6.45) is 7.23. The van der Waals surface area contributed by atoms with Crippen LogP contribution in [-0.2, 0) is 9.84 Å². The van der Waals surface area contributed by atoms with Gasteiger partial charge in [0.05, 0.1) is 4.90 Å². The second-order valence-corrected chi connectivity index (χ2v) is 10.1. The lowest BCUT2D eigenvalue weighted by Crippen LogP contribution is -2.19. The van der Waals surface area contributed by atoms with Crippen LogP contribution in [0.2, 0.25) is 0 Å². The Morgan fingerprint density at radius 1 is 1.00 bits per heavy atom. The van der Waals surface area contributed by atoms with E-state index in [1.807, 2.05) is 25.3 Å². The SMILES string of the molecule is Cc1ccc(S(=O)(=O)c2c(C)c(C)n(C3CCCC3)c2NC(=O)c2ccncc2)cc1. The molecule has 3 aromatic rings. The molecule has 4 rings (SSSR count). The van der Waals surface area contributed by atoms with Gasteiger partial charge in [0, 0.05) is 29.7 Å². The van der Waals surface area contributed by atoms with Crippen molar-refractivity contribution in [2.45, 2.75) is 62.3 Å². The molecule has 1 N–H and O–H groups in total. The molecule has 2 heterocycles. The number of hydrogen-bond donors (Lipinski definition) is 1. The lowest BCUT2D eigenvalue weighted by atomic mass is 10.2. The number of rotatable bonds is 5. The van der Waals surface area contributed by atoms with Crippen molar-refractivity contribution in [3.05, 3.63) is 71.2 Å². The molecule has 31 heavy (non-hydrogen) atoms. The summed E-state index contributed by atoms with van der Waals surface area (Å²) >= 11 is 0. The van der Waals surface area contributed by atoms with E-state index in [4.69, 9.17) is 0 Å². The van der Waals surface area contributed by atoms with Crippen LogP contribution in [0.15, 0.2) is 58.6 Å². The minimum Gasteiger partial charge on any atom is -0.327 e. The molecule has 1 aliphatic carbocycles. The van der Waals surface area contributed by atoms with Crippen LogP contribution in [0.3, 0.4) is 0 Å². The van der Waals surface area contributed by atoms with Gasteiger partial charge in [0.15, 0.2) is 0 Å². The average molecular weight is 438 g/mol. The Morgan fingerprint density at radius 3 is 2.23 bits per heavy atom. The zero-order chi connectivity index (χ0) is 22.2. The van der Waals surface area contributed by atoms with Crippen LogP contribution in [0.4, 0.5) is 5.82 Å². The number of hydrogen-bond acceptors (Lipinski definition) is 4. The fourth-order valence-electron chi connectivity index (χ4n) is 4.38. The highest BCUT2D eigenvalue weighted by Crippen LogP contribution is 2.41. The maximum atomic E-state index is 13.7. The Labute approximate surface area is 183 Å². The van der Waals surface area contributed by atoms with Crippen LogP contribution in [0.5, 0.6) is 0 Å². The maximum Gasteiger partial charge on any atom is 0.256 e. The number of sulfone groups is 1. The first-order valence-corrected chi connectivity index (χ1v) is 12.0. The molecular weight excluding hydrogens is 410 g/mol. The third-order valence-corrected chi connectivity index (χ3v) is 8.09. The Hall–Kier alpha value is -2.93. The second kappa shape index (κ2) is 8.30. The summed E-state index contributed by atoms with van der Waals surface area (Å²) in [7, 11) is -3.82. The van der Waals surface area contributed by atoms with Gasteiger partial charge in [-0.3, -0.25) is 9.78 Å². The van der Waals surface area contributed by atoms with Crippen molar-refractivity contribution in [1.29, 1.82) is 0 Å². The molecule has 0 spiro atoms. The molecule has 6 nitrogen and oxygen atoms in total. The second-order valence-electron chi connectivity index (χ2n) is 8.20. The van der Waals surface area contributed by atoms with Crippen LogP contribution < -0.4 is 5.32 Å². The highest BCUT2D eigenvalue weighted by atomic mass is 32.2. The van der Waals surface area contributed by atoms with Gasteiger partial charge in [0.2, 0.25) is 9.84 Å². The zero-order valence-electron chi connectivity index (χ0n) is 18.1. The first-order valence-electron chi connectivity index (χ1n) is 10.5. The lowest BCUT2D eigenvalue weighted by molar-refractivity contribution is 0.102. The quantitative estimate of drug-likeness (QED) is 0.608. The first kappa shape index (κ1) is 21.3. The van der Waals surface area contributed by atoms with Gasteiger partial charge in [-0.15, -0.1) is 0 Å². The van der Waals surface area contributed by atoms with Crippen LogP contribution >= 0.6 is 0 Å². The molecule has 0 atom stereocenters. The number of benzene rings is 1. The number of carbonyl (C=O) groups is 1. The van der Waals surface area contributed by atoms with Gasteiger partial charge in [-0.25, -0.2) is 8.42 Å². The van der Waals surface area contributed by atoms with E-state index < -0.39 is 9.84 Å². The first-order chi connectivity index (χ1) is 14.8. The lowest BCUT2D eigenvalue weighted by Gasteiger charge is -2.20. The standard InChI is InChI=1S/C24H27N3O3S/c1-16-8-10-21(11-9-16)31(29,30)22-17(2)18(3)27(20-6-4-5-7-20)23(22)26-24(28)19-12-14-25-15-13-19/h8-15,20H,4-7H2,1-3H3,(H,26,28). The predicted octanol–water partition coefficient (Wildman–Crippen LogP) is 5.01. The molecule has 0 aliphatic heterocycles. The maximum absolute atomic E-state index is 13.7. The topological polar surface area (TPSA) is 81.1 Å². The van der Waals surface area contributed by atoms with Crippen molar-refractivity contribution in [3.8, 4) is 0 Å². The molecule has 0 bridgehead atoms. The Balaban J connectivity index is 1.89. The molecule has 0 radical (unpaired) electrons. The van der Waals surface area contributed by atoms with Gasteiger partial charge in [0.1, 0.15) is 10.7 Å². The van der Waals surface area contributed by atoms with Crippen molar-refractivity contribution in [2.24, 2.45) is 0 Å². The highest BCUT2D eigenvalue weighted by Gasteiger charge is 2.33. The summed E-state index contributed by atoms with van der Waals surface area (Å²) in [4.78, 5) is 17.4. The van der Waals surface area contributed by atoms with Gasteiger partial charge >= 0.3 is 0 Å². The van der Waals surface area contributed by atoms with E-state index in [2.05, 4.69) is 10.3 Å². The number of carbonyl (C=O) groups excluding carboxylic acids is 1. The molecule has 1 aliphatic rings. The number of aryl methyl sites for hydroxylation is 1. The van der Waals surface area contributed by atoms with Gasteiger partial charge in [-0.1, -0.05) is 30.5 Å². The zero-order valence-corrected chi connectivity index (χ0v) is 18.9. The summed E-state index contributed by atoms with van der Waals surface area (Å²) in [6.45, 7) is 5.68. The summed E-state index contributed by atoms with van der Waals surface area (Å²) in [6, 6.07) is 10.2. The molecule has 1 amide bonds. The minimum absolute atomic E-state index is 0.174. The van der Waals surface area contributed by atoms with Gasteiger partial charge in [0.25, 0.3) is 5.91 Å². The molecule has 1 saturated carbocycles. The van der Waals surface area contributed by atoms with Crippen LogP contribution in [0, 0.1) is 20.8 Å². The summed E-state index contributed by atoms with van der Waals surface area (Å²) < 4.78 is 29.5. The van der Waals surface area contributed by atoms with E-state index in [-0.39, 0.29) is 21.7 Å². The molecule has 0 saturated heterocycles. The van der Waals surface area contributed by atoms with E-state index in [1.54, 1.807) is 48.8 Å². The number of anilines is 1. The third-order valence-electron chi connectivity index (χ3n) is 6.16. The van der Waals surface area contributed by atoms with Crippen molar-refractivity contribution in [2.75, 3.05) is 5.32 Å². The van der Waals surface area contributed by atoms with Crippen LogP contribution in [-0.4, -0.2) is 23.9 Å². The Morgan fingerprint density at radius 2 is 1.61 bits per heavy atom. The van der Waals surface area contributed by atoms with Gasteiger partial charge in [-0.2, -0.15) is 0 Å². The van der Waals surface area contributed by atoms with E-state index in [0.717, 1.165) is 36.9 Å². The number of aromatic nitrogens is 2.